The van der Waals surface area contributed by atoms with Crippen molar-refractivity contribution in [3.8, 4) is 0 Å². The average molecular weight is 509 g/mol. The highest BCUT2D eigenvalue weighted by Gasteiger charge is 2.44. The number of halogens is 1. The predicted octanol–water partition coefficient (Wildman–Crippen LogP) is 3.07. The van der Waals surface area contributed by atoms with Gasteiger partial charge in [0, 0.05) is 30.7 Å². The van der Waals surface area contributed by atoms with E-state index in [1.165, 1.54) is 5.57 Å². The first-order valence-corrected chi connectivity index (χ1v) is 14.2. The molecule has 8 heteroatoms. The number of carbonyl (C=O) groups is 1. The van der Waals surface area contributed by atoms with Gasteiger partial charge in [0.15, 0.2) is 18.4 Å². The van der Waals surface area contributed by atoms with E-state index in [1.807, 2.05) is 11.6 Å². The van der Waals surface area contributed by atoms with Gasteiger partial charge in [-0.25, -0.2) is 8.97 Å². The van der Waals surface area contributed by atoms with Crippen molar-refractivity contribution in [2.75, 3.05) is 26.8 Å². The Morgan fingerprint density at radius 1 is 1.36 bits per heavy atom. The second-order valence-corrected chi connectivity index (χ2v) is 11.8. The number of ether oxygens (including phenoxy) is 1. The summed E-state index contributed by atoms with van der Waals surface area (Å²) in [6.45, 7) is 11.2. The maximum Gasteiger partial charge on any atom is 0.236 e. The van der Waals surface area contributed by atoms with E-state index in [4.69, 9.17) is 16.2 Å². The number of amides is 1. The Labute approximate surface area is 217 Å². The lowest BCUT2D eigenvalue weighted by Gasteiger charge is -2.37. The van der Waals surface area contributed by atoms with Gasteiger partial charge in [0.1, 0.15) is 13.0 Å². The molecule has 3 heterocycles. The Morgan fingerprint density at radius 3 is 2.72 bits per heavy atom. The highest BCUT2D eigenvalue weighted by molar-refractivity contribution is 5.82. The molecule has 0 bridgehead atoms. The van der Waals surface area contributed by atoms with Gasteiger partial charge in [-0.2, -0.15) is 0 Å². The topological polar surface area (TPSA) is 105 Å². The Bertz CT molecular complexity index is 810. The molecule has 0 aromatic carbocycles. The van der Waals surface area contributed by atoms with Crippen LogP contribution in [0.25, 0.3) is 0 Å². The molecule has 6 N–H and O–H groups in total. The van der Waals surface area contributed by atoms with Gasteiger partial charge >= 0.3 is 0 Å². The smallest absolute Gasteiger partial charge is 0.236 e. The molecule has 7 atom stereocenters. The minimum Gasteiger partial charge on any atom is -0.381 e. The number of nitrogens with one attached hydrogen (secondary N) is 2. The van der Waals surface area contributed by atoms with Crippen LogP contribution in [0.15, 0.2) is 11.3 Å². The molecule has 0 aromatic rings. The number of hydrogen-bond donors (Lipinski definition) is 4. The van der Waals surface area contributed by atoms with E-state index in [9.17, 15) is 9.18 Å². The van der Waals surface area contributed by atoms with E-state index < -0.39 is 18.3 Å². The zero-order valence-electron chi connectivity index (χ0n) is 23.2. The Balaban J connectivity index is 1.98. The van der Waals surface area contributed by atoms with Crippen LogP contribution in [0.3, 0.4) is 0 Å². The van der Waals surface area contributed by atoms with Crippen molar-refractivity contribution in [3.05, 3.63) is 11.3 Å². The lowest BCUT2D eigenvalue weighted by atomic mass is 9.74. The number of alkyl halides is 1. The van der Waals surface area contributed by atoms with Crippen LogP contribution >= 0.6 is 0 Å². The molecule has 1 amide bonds. The van der Waals surface area contributed by atoms with Gasteiger partial charge in [-0.15, -0.1) is 0 Å². The molecule has 0 saturated carbocycles. The van der Waals surface area contributed by atoms with Crippen molar-refractivity contribution in [2.24, 2.45) is 34.6 Å². The van der Waals surface area contributed by atoms with Gasteiger partial charge in [-0.1, -0.05) is 40.5 Å². The van der Waals surface area contributed by atoms with Crippen LogP contribution in [0.5, 0.6) is 0 Å². The first kappa shape index (κ1) is 29.2. The molecule has 3 rings (SSSR count). The predicted molar refractivity (Wildman–Crippen MR) is 143 cm³/mol. The standard InChI is InChI=1S/C28H50FN5O2/c1-6-18(3)24-25(21(10-13-32-24)19-11-14-36-17-19)33-27(35)23(26(30)31)22-15-28(4,7-2)12-8-9-20(29)16-34(22)5/h16,18-20,22-24,26,32H,6-15,17,30-31H2,1-5H3/p+1. The van der Waals surface area contributed by atoms with Crippen LogP contribution in [0.1, 0.15) is 79.1 Å². The number of nitrogens with two attached hydrogens (primary N) is 2. The van der Waals surface area contributed by atoms with Crippen LogP contribution in [-0.2, 0) is 9.53 Å². The Kier molecular flexibility index (Phi) is 10.5. The maximum atomic E-state index is 14.7. The third-order valence-electron chi connectivity index (χ3n) is 9.18. The molecule has 36 heavy (non-hydrogen) atoms. The quantitative estimate of drug-likeness (QED) is 0.298. The number of nitrogens with zero attached hydrogens (tertiary/aromatic N) is 1. The van der Waals surface area contributed by atoms with E-state index in [1.54, 1.807) is 6.21 Å². The molecule has 0 radical (unpaired) electrons. The third kappa shape index (κ3) is 6.94. The van der Waals surface area contributed by atoms with E-state index in [0.29, 0.717) is 24.9 Å². The molecule has 0 aliphatic carbocycles. The Hall–Kier alpha value is -1.35. The van der Waals surface area contributed by atoms with Crippen LogP contribution in [0.2, 0.25) is 0 Å². The van der Waals surface area contributed by atoms with Crippen LogP contribution in [0.4, 0.5) is 4.39 Å². The van der Waals surface area contributed by atoms with Crippen molar-refractivity contribution in [1.29, 1.82) is 0 Å². The fraction of sp³-hybridized carbons (Fsp3) is 0.857. The summed E-state index contributed by atoms with van der Waals surface area (Å²) < 4.78 is 22.3. The molecular formula is C28H51FN5O2+. The molecule has 0 aromatic heterocycles. The summed E-state index contributed by atoms with van der Waals surface area (Å²) in [5.41, 5.74) is 14.9. The zero-order valence-corrected chi connectivity index (χ0v) is 23.2. The zero-order chi connectivity index (χ0) is 26.5. The molecule has 7 unspecified atom stereocenters. The van der Waals surface area contributed by atoms with Gasteiger partial charge in [-0.05, 0) is 55.6 Å². The molecule has 206 valence electrons. The molecule has 0 spiro atoms. The van der Waals surface area contributed by atoms with Gasteiger partial charge in [0.05, 0.1) is 12.8 Å². The summed E-state index contributed by atoms with van der Waals surface area (Å²) >= 11 is 0. The number of hydrogen-bond acceptors (Lipinski definition) is 5. The summed E-state index contributed by atoms with van der Waals surface area (Å²) in [6, 6.07) is -0.220. The highest BCUT2D eigenvalue weighted by atomic mass is 19.1. The van der Waals surface area contributed by atoms with Crippen molar-refractivity contribution in [1.82, 2.24) is 10.6 Å². The molecule has 1 fully saturated rings. The second-order valence-electron chi connectivity index (χ2n) is 11.8. The third-order valence-corrected chi connectivity index (χ3v) is 9.18. The minimum atomic E-state index is -1.04. The monoisotopic (exact) mass is 508 g/mol. The van der Waals surface area contributed by atoms with Gasteiger partial charge in [-0.3, -0.25) is 4.79 Å². The van der Waals surface area contributed by atoms with Crippen molar-refractivity contribution in [2.45, 2.75) is 103 Å². The van der Waals surface area contributed by atoms with E-state index in [2.05, 4.69) is 38.3 Å². The van der Waals surface area contributed by atoms with Gasteiger partial charge in [0.2, 0.25) is 5.91 Å². The largest absolute Gasteiger partial charge is 0.381 e. The normalized spacial score (nSPS) is 34.0. The van der Waals surface area contributed by atoms with Gasteiger partial charge in [0.25, 0.3) is 0 Å². The van der Waals surface area contributed by atoms with E-state index in [-0.39, 0.29) is 23.4 Å². The molecule has 3 aliphatic heterocycles. The Morgan fingerprint density at radius 2 is 2.11 bits per heavy atom. The maximum absolute atomic E-state index is 14.7. The van der Waals surface area contributed by atoms with Gasteiger partial charge < -0.3 is 26.8 Å². The lowest BCUT2D eigenvalue weighted by molar-refractivity contribution is -0.546. The number of carbonyl (C=O) groups excluding carboxylic acids is 1. The molecule has 1 saturated heterocycles. The summed E-state index contributed by atoms with van der Waals surface area (Å²) in [6.07, 6.45) is 6.55. The summed E-state index contributed by atoms with van der Waals surface area (Å²) in [5.74, 6) is -0.141. The average Bonchev–Trinajstić information content (AvgIpc) is 3.38. The minimum absolute atomic E-state index is 0.0124. The highest BCUT2D eigenvalue weighted by Crippen LogP contribution is 2.38. The molecule has 3 aliphatic rings. The number of rotatable bonds is 8. The van der Waals surface area contributed by atoms with Crippen molar-refractivity contribution in [3.63, 3.8) is 0 Å². The SMILES string of the molecule is CCC(C)C1NCCC(C2CCOC2)=C1NC(=O)C(C(N)N)C1CC(C)(CC)CCCC(F)C=[N+]1C. The second kappa shape index (κ2) is 12.9. The fourth-order valence-electron chi connectivity index (χ4n) is 6.35. The first-order chi connectivity index (χ1) is 17.1. The van der Waals surface area contributed by atoms with Crippen molar-refractivity contribution < 1.29 is 18.5 Å². The van der Waals surface area contributed by atoms with E-state index in [0.717, 1.165) is 63.8 Å². The van der Waals surface area contributed by atoms with E-state index >= 15 is 0 Å². The van der Waals surface area contributed by atoms with Crippen LogP contribution in [-0.4, -0.2) is 67.9 Å². The fourth-order valence-corrected chi connectivity index (χ4v) is 6.35. The lowest BCUT2D eigenvalue weighted by Crippen LogP contribution is -2.57. The molecule has 7 nitrogen and oxygen atoms in total. The molecular weight excluding hydrogens is 457 g/mol. The summed E-state index contributed by atoms with van der Waals surface area (Å²) in [5, 5.41) is 6.99. The van der Waals surface area contributed by atoms with Crippen LogP contribution < -0.4 is 22.1 Å². The first-order valence-electron chi connectivity index (χ1n) is 14.2. The van der Waals surface area contributed by atoms with Crippen LogP contribution in [0, 0.1) is 23.2 Å². The summed E-state index contributed by atoms with van der Waals surface area (Å²) in [7, 11) is 1.87. The summed E-state index contributed by atoms with van der Waals surface area (Å²) in [4.78, 5) is 14.1. The van der Waals surface area contributed by atoms with Crippen molar-refractivity contribution >= 4 is 12.1 Å².